The Morgan fingerprint density at radius 3 is 2.41 bits per heavy atom. The first-order valence-electron chi connectivity index (χ1n) is 8.77. The van der Waals surface area contributed by atoms with Crippen molar-refractivity contribution in [2.24, 2.45) is 0 Å². The van der Waals surface area contributed by atoms with Crippen molar-refractivity contribution in [1.29, 1.82) is 0 Å². The molecular formula is C17H26N4O6. The molecule has 27 heavy (non-hydrogen) atoms. The summed E-state index contributed by atoms with van der Waals surface area (Å²) in [4.78, 5) is 38.4. The van der Waals surface area contributed by atoms with E-state index in [1.165, 1.54) is 6.20 Å². The van der Waals surface area contributed by atoms with E-state index >= 15 is 0 Å². The van der Waals surface area contributed by atoms with Crippen LogP contribution < -0.4 is 5.56 Å². The summed E-state index contributed by atoms with van der Waals surface area (Å²) in [7, 11) is 0. The molecule has 0 saturated carbocycles. The van der Waals surface area contributed by atoms with Gasteiger partial charge in [-0.15, -0.1) is 0 Å². The number of carbonyl (C=O) groups excluding carboxylic acids is 1. The highest BCUT2D eigenvalue weighted by Gasteiger charge is 2.26. The molecule has 1 amide bonds. The Bertz CT molecular complexity index is 747. The molecule has 0 aromatic carbocycles. The molecule has 1 aromatic heterocycles. The molecule has 0 aliphatic carbocycles. The zero-order valence-corrected chi connectivity index (χ0v) is 15.8. The molecule has 2 heterocycles. The monoisotopic (exact) mass is 382 g/mol. The standard InChI is InChI=1S/C17H26N4O6/c1-17(2,3)27-16(26)20-8-6-19(7-9-20)11-12-10-18-21(5-4-13(22)23)15(25)14(12)24/h10,24H,4-9,11H2,1-3H3,(H,22,23). The van der Waals surface area contributed by atoms with Crippen molar-refractivity contribution in [2.45, 2.75) is 45.9 Å². The Morgan fingerprint density at radius 1 is 1.22 bits per heavy atom. The minimum Gasteiger partial charge on any atom is -0.503 e. The van der Waals surface area contributed by atoms with Gasteiger partial charge in [0.25, 0.3) is 0 Å². The van der Waals surface area contributed by atoms with Gasteiger partial charge in [-0.05, 0) is 20.8 Å². The topological polar surface area (TPSA) is 125 Å². The third-order valence-corrected chi connectivity index (χ3v) is 4.05. The number of aromatic nitrogens is 2. The number of hydrogen-bond acceptors (Lipinski definition) is 7. The number of aromatic hydroxyl groups is 1. The van der Waals surface area contributed by atoms with Crippen molar-refractivity contribution in [3.05, 3.63) is 22.1 Å². The molecule has 0 spiro atoms. The predicted molar refractivity (Wildman–Crippen MR) is 95.5 cm³/mol. The van der Waals surface area contributed by atoms with E-state index in [0.29, 0.717) is 38.3 Å². The summed E-state index contributed by atoms with van der Waals surface area (Å²) >= 11 is 0. The van der Waals surface area contributed by atoms with Crippen LogP contribution in [0.2, 0.25) is 0 Å². The third-order valence-electron chi connectivity index (χ3n) is 4.05. The van der Waals surface area contributed by atoms with Gasteiger partial charge in [0.2, 0.25) is 0 Å². The third kappa shape index (κ3) is 5.95. The number of carboxylic acid groups (broad SMARTS) is 1. The minimum atomic E-state index is -1.05. The number of hydrogen-bond donors (Lipinski definition) is 2. The van der Waals surface area contributed by atoms with Crippen LogP contribution in [0.1, 0.15) is 32.8 Å². The summed E-state index contributed by atoms with van der Waals surface area (Å²) < 4.78 is 6.29. The summed E-state index contributed by atoms with van der Waals surface area (Å²) in [6.07, 6.45) is 0.768. The van der Waals surface area contributed by atoms with Gasteiger partial charge in [0.05, 0.1) is 19.2 Å². The Balaban J connectivity index is 1.93. The van der Waals surface area contributed by atoms with Crippen molar-refractivity contribution < 1.29 is 24.5 Å². The summed E-state index contributed by atoms with van der Waals surface area (Å²) in [5.74, 6) is -1.47. The molecule has 150 valence electrons. The van der Waals surface area contributed by atoms with Crippen molar-refractivity contribution in [2.75, 3.05) is 26.2 Å². The van der Waals surface area contributed by atoms with Crippen LogP contribution in [0.3, 0.4) is 0 Å². The van der Waals surface area contributed by atoms with E-state index < -0.39 is 22.9 Å². The molecular weight excluding hydrogens is 356 g/mol. The normalized spacial score (nSPS) is 15.6. The number of rotatable bonds is 5. The predicted octanol–water partition coefficient (Wildman–Crippen LogP) is 0.476. The second-order valence-corrected chi connectivity index (χ2v) is 7.43. The van der Waals surface area contributed by atoms with Crippen LogP contribution >= 0.6 is 0 Å². The van der Waals surface area contributed by atoms with Crippen LogP contribution in [0.25, 0.3) is 0 Å². The first kappa shape index (κ1) is 20.7. The summed E-state index contributed by atoms with van der Waals surface area (Å²) in [5, 5.41) is 22.7. The molecule has 1 aliphatic heterocycles. The number of aryl methyl sites for hydroxylation is 1. The highest BCUT2D eigenvalue weighted by Crippen LogP contribution is 2.16. The van der Waals surface area contributed by atoms with Crippen molar-refractivity contribution in [3.63, 3.8) is 0 Å². The van der Waals surface area contributed by atoms with E-state index in [1.807, 2.05) is 25.7 Å². The van der Waals surface area contributed by atoms with Gasteiger partial charge in [-0.1, -0.05) is 0 Å². The fourth-order valence-corrected chi connectivity index (χ4v) is 2.65. The SMILES string of the molecule is CC(C)(C)OC(=O)N1CCN(Cc2cnn(CCC(=O)O)c(=O)c2O)CC1. The first-order valence-corrected chi connectivity index (χ1v) is 8.77. The van der Waals surface area contributed by atoms with Crippen LogP contribution in [0, 0.1) is 0 Å². The Hall–Kier alpha value is -2.62. The van der Waals surface area contributed by atoms with Crippen molar-refractivity contribution in [1.82, 2.24) is 19.6 Å². The average molecular weight is 382 g/mol. The van der Waals surface area contributed by atoms with E-state index in [1.54, 1.807) is 4.90 Å². The van der Waals surface area contributed by atoms with Crippen LogP contribution in [-0.2, 0) is 22.6 Å². The van der Waals surface area contributed by atoms with Gasteiger partial charge < -0.3 is 19.8 Å². The number of nitrogens with zero attached hydrogens (tertiary/aromatic N) is 4. The summed E-state index contributed by atoms with van der Waals surface area (Å²) in [6, 6.07) is 0. The molecule has 0 atom stereocenters. The Morgan fingerprint density at radius 2 is 1.85 bits per heavy atom. The maximum absolute atomic E-state index is 12.1. The summed E-state index contributed by atoms with van der Waals surface area (Å²) in [5.41, 5.74) is -0.880. The molecule has 1 fully saturated rings. The number of carboxylic acids is 1. The molecule has 10 heteroatoms. The Labute approximate surface area is 156 Å². The van der Waals surface area contributed by atoms with Crippen LogP contribution in [0.4, 0.5) is 4.79 Å². The molecule has 1 saturated heterocycles. The van der Waals surface area contributed by atoms with E-state index in [-0.39, 0.29) is 19.1 Å². The van der Waals surface area contributed by atoms with E-state index in [4.69, 9.17) is 9.84 Å². The van der Waals surface area contributed by atoms with Gasteiger partial charge in [0, 0.05) is 38.3 Å². The zero-order valence-electron chi connectivity index (χ0n) is 15.8. The lowest BCUT2D eigenvalue weighted by Gasteiger charge is -2.35. The fraction of sp³-hybridized carbons (Fsp3) is 0.647. The smallest absolute Gasteiger partial charge is 0.410 e. The molecule has 1 aliphatic rings. The van der Waals surface area contributed by atoms with E-state index in [9.17, 15) is 19.5 Å². The average Bonchev–Trinajstić information content (AvgIpc) is 2.57. The summed E-state index contributed by atoms with van der Waals surface area (Å²) in [6.45, 7) is 7.77. The lowest BCUT2D eigenvalue weighted by atomic mass is 10.2. The zero-order chi connectivity index (χ0) is 20.2. The van der Waals surface area contributed by atoms with Crippen LogP contribution in [-0.4, -0.2) is 73.6 Å². The van der Waals surface area contributed by atoms with Crippen molar-refractivity contribution in [3.8, 4) is 5.75 Å². The van der Waals surface area contributed by atoms with Gasteiger partial charge in [-0.3, -0.25) is 14.5 Å². The molecule has 1 aromatic rings. The largest absolute Gasteiger partial charge is 0.503 e. The van der Waals surface area contributed by atoms with Gasteiger partial charge in [0.15, 0.2) is 5.75 Å². The van der Waals surface area contributed by atoms with Gasteiger partial charge in [0.1, 0.15) is 5.60 Å². The second-order valence-electron chi connectivity index (χ2n) is 7.43. The highest BCUT2D eigenvalue weighted by atomic mass is 16.6. The van der Waals surface area contributed by atoms with E-state index in [2.05, 4.69) is 5.10 Å². The maximum Gasteiger partial charge on any atom is 0.410 e. The molecule has 0 radical (unpaired) electrons. The molecule has 0 bridgehead atoms. The molecule has 10 nitrogen and oxygen atoms in total. The number of aliphatic carboxylic acids is 1. The fourth-order valence-electron chi connectivity index (χ4n) is 2.65. The van der Waals surface area contributed by atoms with Gasteiger partial charge >= 0.3 is 17.6 Å². The lowest BCUT2D eigenvalue weighted by Crippen LogP contribution is -2.49. The quantitative estimate of drug-likeness (QED) is 0.753. The number of piperazine rings is 1. The molecule has 2 rings (SSSR count). The number of amides is 1. The number of ether oxygens (including phenoxy) is 1. The van der Waals surface area contributed by atoms with E-state index in [0.717, 1.165) is 4.68 Å². The van der Waals surface area contributed by atoms with Crippen molar-refractivity contribution >= 4 is 12.1 Å². The van der Waals surface area contributed by atoms with Crippen LogP contribution in [0.5, 0.6) is 5.75 Å². The molecule has 0 unspecified atom stereocenters. The second kappa shape index (κ2) is 8.38. The molecule has 2 N–H and O–H groups in total. The number of carbonyl (C=O) groups is 2. The highest BCUT2D eigenvalue weighted by molar-refractivity contribution is 5.68. The van der Waals surface area contributed by atoms with Gasteiger partial charge in [-0.25, -0.2) is 9.48 Å². The Kier molecular flexibility index (Phi) is 6.42. The lowest BCUT2D eigenvalue weighted by molar-refractivity contribution is -0.137. The van der Waals surface area contributed by atoms with Gasteiger partial charge in [-0.2, -0.15) is 5.10 Å². The van der Waals surface area contributed by atoms with Crippen LogP contribution in [0.15, 0.2) is 11.0 Å². The maximum atomic E-state index is 12.1. The first-order chi connectivity index (χ1) is 12.6. The minimum absolute atomic E-state index is 0.101.